The van der Waals surface area contributed by atoms with E-state index < -0.39 is 5.97 Å². The topological polar surface area (TPSA) is 133 Å². The Kier molecular flexibility index (Phi) is 10.8. The van der Waals surface area contributed by atoms with Crippen LogP contribution < -0.4 is 16.0 Å². The van der Waals surface area contributed by atoms with Crippen molar-refractivity contribution in [2.75, 3.05) is 17.2 Å². The fraction of sp³-hybridized carbons (Fsp3) is 0.286. The molecule has 0 unspecified atom stereocenters. The van der Waals surface area contributed by atoms with Gasteiger partial charge < -0.3 is 21.1 Å². The molecule has 2 amide bonds. The number of benzene rings is 3. The molecule has 4 N–H and O–H groups in total. The molecular formula is C35H36ClN5O4. The van der Waals surface area contributed by atoms with Crippen molar-refractivity contribution in [3.05, 3.63) is 107 Å². The van der Waals surface area contributed by atoms with Crippen molar-refractivity contribution >= 4 is 40.9 Å². The summed E-state index contributed by atoms with van der Waals surface area (Å²) in [5.41, 5.74) is 4.86. The first-order valence-corrected chi connectivity index (χ1v) is 15.5. The van der Waals surface area contributed by atoms with E-state index >= 15 is 0 Å². The van der Waals surface area contributed by atoms with Gasteiger partial charge in [-0.1, -0.05) is 91.2 Å². The fourth-order valence-electron chi connectivity index (χ4n) is 5.48. The zero-order valence-electron chi connectivity index (χ0n) is 24.9. The van der Waals surface area contributed by atoms with Gasteiger partial charge >= 0.3 is 5.97 Å². The maximum absolute atomic E-state index is 12.8. The SMILES string of the molecule is O=C(O)Cc1c(Cl)nc(Cc2cccc(NC(=O)Cc3ccc(-c4ccccc4)cc3)c2)nc1NCCC(=O)NC1CCCC1. The van der Waals surface area contributed by atoms with Crippen LogP contribution in [-0.4, -0.2) is 45.4 Å². The van der Waals surface area contributed by atoms with Gasteiger partial charge in [0.1, 0.15) is 16.8 Å². The van der Waals surface area contributed by atoms with Crippen molar-refractivity contribution in [2.45, 2.75) is 57.4 Å². The summed E-state index contributed by atoms with van der Waals surface area (Å²) in [5.74, 6) is -0.582. The number of hydrogen-bond acceptors (Lipinski definition) is 6. The van der Waals surface area contributed by atoms with Gasteiger partial charge in [-0.3, -0.25) is 14.4 Å². The highest BCUT2D eigenvalue weighted by atomic mass is 35.5. The third kappa shape index (κ3) is 9.36. The summed E-state index contributed by atoms with van der Waals surface area (Å²) < 4.78 is 0. The quantitative estimate of drug-likeness (QED) is 0.133. The third-order valence-corrected chi connectivity index (χ3v) is 8.01. The monoisotopic (exact) mass is 625 g/mol. The largest absolute Gasteiger partial charge is 0.481 e. The minimum atomic E-state index is -1.06. The molecule has 9 nitrogen and oxygen atoms in total. The second-order valence-corrected chi connectivity index (χ2v) is 11.6. The zero-order chi connectivity index (χ0) is 31.6. The Labute approximate surface area is 267 Å². The third-order valence-electron chi connectivity index (χ3n) is 7.69. The summed E-state index contributed by atoms with van der Waals surface area (Å²) >= 11 is 6.43. The molecule has 0 aliphatic heterocycles. The van der Waals surface area contributed by atoms with E-state index in [1.165, 1.54) is 0 Å². The summed E-state index contributed by atoms with van der Waals surface area (Å²) in [6.45, 7) is 0.272. The average molecular weight is 626 g/mol. The minimum Gasteiger partial charge on any atom is -0.481 e. The molecule has 1 fully saturated rings. The standard InChI is InChI=1S/C35H36ClN5O4/c36-34-29(22-33(44)45)35(37-18-17-31(42)38-27-10-4-5-11-27)41-30(40-34)20-24-7-6-12-28(19-24)39-32(43)21-23-13-15-26(16-14-23)25-8-2-1-3-9-25/h1-3,6-9,12-16,19,27H,4-5,10-11,17-18,20-22H2,(H,38,42)(H,39,43)(H,44,45)(H,37,40,41). The molecule has 1 aliphatic carbocycles. The Morgan fingerprint density at radius 1 is 0.822 bits per heavy atom. The van der Waals surface area contributed by atoms with Crippen molar-refractivity contribution in [1.29, 1.82) is 0 Å². The Hall–Kier alpha value is -4.76. The molecule has 1 aliphatic rings. The Morgan fingerprint density at radius 3 is 2.29 bits per heavy atom. The van der Waals surface area contributed by atoms with Gasteiger partial charge in [0.15, 0.2) is 0 Å². The second kappa shape index (κ2) is 15.3. The van der Waals surface area contributed by atoms with Crippen LogP contribution in [0.25, 0.3) is 11.1 Å². The summed E-state index contributed by atoms with van der Waals surface area (Å²) in [6.07, 6.45) is 4.66. The van der Waals surface area contributed by atoms with Gasteiger partial charge in [-0.15, -0.1) is 0 Å². The molecule has 4 aromatic rings. The van der Waals surface area contributed by atoms with E-state index in [0.29, 0.717) is 23.8 Å². The molecule has 232 valence electrons. The molecule has 0 saturated heterocycles. The molecule has 1 heterocycles. The number of aromatic nitrogens is 2. The number of anilines is 2. The number of rotatable bonds is 13. The molecule has 45 heavy (non-hydrogen) atoms. The van der Waals surface area contributed by atoms with E-state index in [4.69, 9.17) is 11.6 Å². The number of carbonyl (C=O) groups excluding carboxylic acids is 2. The van der Waals surface area contributed by atoms with Crippen LogP contribution in [0.1, 0.15) is 54.6 Å². The number of halogens is 1. The lowest BCUT2D eigenvalue weighted by Crippen LogP contribution is -2.33. The van der Waals surface area contributed by atoms with Crippen LogP contribution in [0, 0.1) is 0 Å². The molecule has 10 heteroatoms. The Bertz CT molecular complexity index is 1640. The Morgan fingerprint density at radius 2 is 1.56 bits per heavy atom. The van der Waals surface area contributed by atoms with Crippen molar-refractivity contribution in [1.82, 2.24) is 15.3 Å². The number of carboxylic acids is 1. The summed E-state index contributed by atoms with van der Waals surface area (Å²) in [4.78, 5) is 45.6. The lowest BCUT2D eigenvalue weighted by molar-refractivity contribution is -0.136. The highest BCUT2D eigenvalue weighted by Gasteiger charge is 2.19. The van der Waals surface area contributed by atoms with Crippen molar-refractivity contribution in [2.24, 2.45) is 0 Å². The lowest BCUT2D eigenvalue weighted by Gasteiger charge is -2.15. The summed E-state index contributed by atoms with van der Waals surface area (Å²) in [5, 5.41) is 18.6. The van der Waals surface area contributed by atoms with Gasteiger partial charge in [0.25, 0.3) is 0 Å². The predicted octanol–water partition coefficient (Wildman–Crippen LogP) is 6.06. The van der Waals surface area contributed by atoms with Gasteiger partial charge in [-0.25, -0.2) is 9.97 Å². The van der Waals surface area contributed by atoms with Crippen molar-refractivity contribution < 1.29 is 19.5 Å². The molecule has 1 aromatic heterocycles. The van der Waals surface area contributed by atoms with E-state index in [9.17, 15) is 19.5 Å². The number of nitrogens with one attached hydrogen (secondary N) is 3. The number of amides is 2. The first-order valence-electron chi connectivity index (χ1n) is 15.2. The molecule has 0 atom stereocenters. The van der Waals surface area contributed by atoms with Crippen LogP contribution in [0.15, 0.2) is 78.9 Å². The maximum atomic E-state index is 12.8. The van der Waals surface area contributed by atoms with Crippen LogP contribution in [0.4, 0.5) is 11.5 Å². The summed E-state index contributed by atoms with van der Waals surface area (Å²) in [7, 11) is 0. The number of aliphatic carboxylic acids is 1. The number of nitrogens with zero attached hydrogens (tertiary/aromatic N) is 2. The van der Waals surface area contributed by atoms with Gasteiger partial charge in [-0.05, 0) is 47.2 Å². The van der Waals surface area contributed by atoms with Crippen LogP contribution >= 0.6 is 11.6 Å². The average Bonchev–Trinajstić information content (AvgIpc) is 3.52. The molecule has 1 saturated carbocycles. The van der Waals surface area contributed by atoms with Crippen molar-refractivity contribution in [3.8, 4) is 11.1 Å². The van der Waals surface area contributed by atoms with E-state index in [-0.39, 0.29) is 54.4 Å². The molecule has 0 spiro atoms. The van der Waals surface area contributed by atoms with E-state index in [0.717, 1.165) is 47.9 Å². The second-order valence-electron chi connectivity index (χ2n) is 11.2. The van der Waals surface area contributed by atoms with Crippen LogP contribution in [0.2, 0.25) is 5.15 Å². The maximum Gasteiger partial charge on any atom is 0.308 e. The Balaban J connectivity index is 1.21. The molecule has 0 radical (unpaired) electrons. The van der Waals surface area contributed by atoms with E-state index in [2.05, 4.69) is 25.9 Å². The molecule has 0 bridgehead atoms. The molecular weight excluding hydrogens is 590 g/mol. The van der Waals surface area contributed by atoms with Gasteiger partial charge in [0, 0.05) is 36.7 Å². The van der Waals surface area contributed by atoms with E-state index in [1.807, 2.05) is 78.9 Å². The fourth-order valence-corrected chi connectivity index (χ4v) is 5.73. The van der Waals surface area contributed by atoms with Crippen molar-refractivity contribution in [3.63, 3.8) is 0 Å². The first kappa shape index (κ1) is 31.7. The van der Waals surface area contributed by atoms with Crippen LogP contribution in [0.5, 0.6) is 0 Å². The lowest BCUT2D eigenvalue weighted by atomic mass is 10.0. The molecule has 3 aromatic carbocycles. The highest BCUT2D eigenvalue weighted by molar-refractivity contribution is 6.30. The number of hydrogen-bond donors (Lipinski definition) is 4. The van der Waals surface area contributed by atoms with Gasteiger partial charge in [-0.2, -0.15) is 0 Å². The zero-order valence-corrected chi connectivity index (χ0v) is 25.6. The van der Waals surface area contributed by atoms with E-state index in [1.54, 1.807) is 0 Å². The van der Waals surface area contributed by atoms with Crippen LogP contribution in [-0.2, 0) is 33.6 Å². The number of carbonyl (C=O) groups is 3. The molecule has 5 rings (SSSR count). The van der Waals surface area contributed by atoms with Gasteiger partial charge in [0.05, 0.1) is 12.8 Å². The first-order chi connectivity index (χ1) is 21.8. The smallest absolute Gasteiger partial charge is 0.308 e. The van der Waals surface area contributed by atoms with Gasteiger partial charge in [0.2, 0.25) is 11.8 Å². The number of carboxylic acid groups (broad SMARTS) is 1. The minimum absolute atomic E-state index is 0.0445. The summed E-state index contributed by atoms with van der Waals surface area (Å²) in [6, 6.07) is 25.6. The van der Waals surface area contributed by atoms with Crippen LogP contribution in [0.3, 0.4) is 0 Å². The predicted molar refractivity (Wildman–Crippen MR) is 175 cm³/mol. The highest BCUT2D eigenvalue weighted by Crippen LogP contribution is 2.24. The normalized spacial score (nSPS) is 12.9.